The van der Waals surface area contributed by atoms with E-state index in [1.807, 2.05) is 0 Å². The van der Waals surface area contributed by atoms with Crippen LogP contribution < -0.4 is 0 Å². The van der Waals surface area contributed by atoms with Crippen molar-refractivity contribution in [1.29, 1.82) is 0 Å². The van der Waals surface area contributed by atoms with Crippen molar-refractivity contribution in [3.8, 4) is 0 Å². The quantitative estimate of drug-likeness (QED) is 0.326. The van der Waals surface area contributed by atoms with Crippen LogP contribution in [0, 0.1) is 0 Å². The Morgan fingerprint density at radius 2 is 2.20 bits per heavy atom. The maximum Gasteiger partial charge on any atom is 0.183 e. The highest BCUT2D eigenvalue weighted by Crippen LogP contribution is 1.85. The Balaban J connectivity index is 2.85. The Morgan fingerprint density at radius 3 is 2.20 bits per heavy atom. The van der Waals surface area contributed by atoms with E-state index >= 15 is 0 Å². The molecule has 0 aromatic rings. The van der Waals surface area contributed by atoms with E-state index in [2.05, 4.69) is 0 Å². The molecular weight excluding hydrogens is 178 g/mol. The van der Waals surface area contributed by atoms with Crippen molar-refractivity contribution in [1.82, 2.24) is 0 Å². The van der Waals surface area contributed by atoms with E-state index in [0.717, 1.165) is 0 Å². The van der Waals surface area contributed by atoms with Gasteiger partial charge >= 0.3 is 0 Å². The predicted molar refractivity (Wildman–Crippen MR) is 29.6 cm³/mol. The molecule has 0 fully saturated rings. The average molecular weight is 180 g/mol. The van der Waals surface area contributed by atoms with Crippen LogP contribution in [-0.4, -0.2) is 11.6 Å². The first-order chi connectivity index (χ1) is 2.27. The molecule has 0 aromatic heterocycles. The molecule has 0 heterocycles. The van der Waals surface area contributed by atoms with E-state index in [-0.39, 0.29) is 10.1 Å². The van der Waals surface area contributed by atoms with E-state index < -0.39 is 0 Å². The SMILES string of the molecule is [B]CC(=O)I. The molecule has 0 atom stereocenters. The summed E-state index contributed by atoms with van der Waals surface area (Å²) < 4.78 is 0.00241. The molecule has 0 aromatic carbocycles. The van der Waals surface area contributed by atoms with Crippen LogP contribution in [0.15, 0.2) is 0 Å². The van der Waals surface area contributed by atoms with Crippen molar-refractivity contribution in [2.24, 2.45) is 0 Å². The van der Waals surface area contributed by atoms with Crippen LogP contribution in [0.2, 0.25) is 6.32 Å². The van der Waals surface area contributed by atoms with E-state index in [9.17, 15) is 4.79 Å². The van der Waals surface area contributed by atoms with Crippen molar-refractivity contribution >= 4 is 34.2 Å². The number of halogens is 1. The van der Waals surface area contributed by atoms with Gasteiger partial charge in [0.1, 0.15) is 0 Å². The summed E-state index contributed by atoms with van der Waals surface area (Å²) in [6, 6.07) is 0. The minimum Gasteiger partial charge on any atom is -0.289 e. The van der Waals surface area contributed by atoms with Gasteiger partial charge in [-0.05, 0) is 28.9 Å². The molecule has 0 rings (SSSR count). The molecule has 0 bridgehead atoms. The van der Waals surface area contributed by atoms with Crippen molar-refractivity contribution < 1.29 is 4.79 Å². The third kappa shape index (κ3) is 4.46. The van der Waals surface area contributed by atoms with Gasteiger partial charge in [0.05, 0.1) is 7.85 Å². The van der Waals surface area contributed by atoms with Gasteiger partial charge in [0, 0.05) is 0 Å². The first-order valence-corrected chi connectivity index (χ1v) is 2.23. The highest BCUT2D eigenvalue weighted by Gasteiger charge is 1.79. The molecule has 0 unspecified atom stereocenters. The molecule has 0 aliphatic rings. The first-order valence-electron chi connectivity index (χ1n) is 1.15. The van der Waals surface area contributed by atoms with Gasteiger partial charge in [-0.25, -0.2) is 0 Å². The molecule has 0 amide bonds. The average Bonchev–Trinajstić information content (AvgIpc) is 1.38. The zero-order valence-corrected chi connectivity index (χ0v) is 4.73. The topological polar surface area (TPSA) is 17.1 Å². The highest BCUT2D eigenvalue weighted by atomic mass is 127. The lowest BCUT2D eigenvalue weighted by Crippen LogP contribution is -1.76. The fraction of sp³-hybridized carbons (Fsp3) is 0.500. The van der Waals surface area contributed by atoms with E-state index in [0.29, 0.717) is 0 Å². The fourth-order valence-electron chi connectivity index (χ4n) is 0. The molecular formula is C2H2BIO. The summed E-state index contributed by atoms with van der Waals surface area (Å²) in [6.45, 7) is 0. The third-order valence-electron chi connectivity index (χ3n) is 0.160. The summed E-state index contributed by atoms with van der Waals surface area (Å²) in [6.07, 6.45) is 0.153. The van der Waals surface area contributed by atoms with Gasteiger partial charge in [-0.3, -0.25) is 4.79 Å². The van der Waals surface area contributed by atoms with Crippen molar-refractivity contribution in [3.63, 3.8) is 0 Å². The normalized spacial score (nSPS) is 7.40. The van der Waals surface area contributed by atoms with E-state index in [1.165, 1.54) is 0 Å². The number of rotatable bonds is 1. The van der Waals surface area contributed by atoms with Crippen molar-refractivity contribution in [2.45, 2.75) is 6.32 Å². The van der Waals surface area contributed by atoms with Crippen LogP contribution in [0.25, 0.3) is 0 Å². The Hall–Kier alpha value is 0.465. The van der Waals surface area contributed by atoms with Gasteiger partial charge in [0.2, 0.25) is 0 Å². The smallest absolute Gasteiger partial charge is 0.183 e. The van der Waals surface area contributed by atoms with Gasteiger partial charge in [-0.1, -0.05) is 0 Å². The second kappa shape index (κ2) is 2.69. The van der Waals surface area contributed by atoms with Crippen LogP contribution in [0.1, 0.15) is 0 Å². The number of carbonyl (C=O) groups is 1. The van der Waals surface area contributed by atoms with Crippen LogP contribution in [0.5, 0.6) is 0 Å². The maximum atomic E-state index is 9.67. The Kier molecular flexibility index (Phi) is 2.94. The summed E-state index contributed by atoms with van der Waals surface area (Å²) in [7, 11) is 4.81. The van der Waals surface area contributed by atoms with Crippen LogP contribution in [0.3, 0.4) is 0 Å². The first kappa shape index (κ1) is 5.46. The lowest BCUT2D eigenvalue weighted by Gasteiger charge is -1.68. The van der Waals surface area contributed by atoms with Crippen LogP contribution >= 0.6 is 22.6 Å². The maximum absolute atomic E-state index is 9.67. The fourth-order valence-corrected chi connectivity index (χ4v) is 0. The molecule has 0 aliphatic heterocycles. The second-order valence-corrected chi connectivity index (χ2v) is 1.76. The standard InChI is InChI=1S/C2H2BIO/c3-1-2(4)5/h1H2. The molecule has 0 spiro atoms. The van der Waals surface area contributed by atoms with Gasteiger partial charge in [-0.2, -0.15) is 0 Å². The molecule has 26 valence electrons. The molecule has 0 saturated carbocycles. The molecule has 3 heteroatoms. The van der Waals surface area contributed by atoms with Crippen molar-refractivity contribution in [2.75, 3.05) is 0 Å². The summed E-state index contributed by atoms with van der Waals surface area (Å²) in [5.41, 5.74) is 0. The van der Waals surface area contributed by atoms with Gasteiger partial charge in [0.15, 0.2) is 3.79 Å². The third-order valence-corrected chi connectivity index (χ3v) is 0.601. The van der Waals surface area contributed by atoms with Gasteiger partial charge < -0.3 is 0 Å². The Bertz CT molecular complexity index is 44.9. The molecule has 1 nitrogen and oxygen atoms in total. The van der Waals surface area contributed by atoms with Gasteiger partial charge in [0.25, 0.3) is 0 Å². The minimum absolute atomic E-state index is 0.00241. The Labute approximate surface area is 45.7 Å². The lowest BCUT2D eigenvalue weighted by atomic mass is 10.1. The van der Waals surface area contributed by atoms with E-state index in [4.69, 9.17) is 7.85 Å². The monoisotopic (exact) mass is 180 g/mol. The second-order valence-electron chi connectivity index (χ2n) is 0.559. The summed E-state index contributed by atoms with van der Waals surface area (Å²) in [5, 5.41) is 0. The predicted octanol–water partition coefficient (Wildman–Crippen LogP) is 0.535. The highest BCUT2D eigenvalue weighted by molar-refractivity contribution is 14.1. The Morgan fingerprint density at radius 1 is 2.00 bits per heavy atom. The largest absolute Gasteiger partial charge is 0.289 e. The molecule has 0 N–H and O–H groups in total. The number of hydrogen-bond acceptors (Lipinski definition) is 1. The number of hydrogen-bond donors (Lipinski definition) is 0. The van der Waals surface area contributed by atoms with E-state index in [1.54, 1.807) is 22.6 Å². The summed E-state index contributed by atoms with van der Waals surface area (Å²) in [5.74, 6) is 0. The number of carbonyl (C=O) groups excluding carboxylic acids is 1. The van der Waals surface area contributed by atoms with Gasteiger partial charge in [-0.15, -0.1) is 0 Å². The molecule has 5 heavy (non-hydrogen) atoms. The zero-order chi connectivity index (χ0) is 4.28. The minimum atomic E-state index is 0.00241. The van der Waals surface area contributed by atoms with Crippen LogP contribution in [-0.2, 0) is 4.79 Å². The molecule has 0 aliphatic carbocycles. The van der Waals surface area contributed by atoms with Crippen LogP contribution in [0.4, 0.5) is 0 Å². The summed E-state index contributed by atoms with van der Waals surface area (Å²) >= 11 is 1.64. The van der Waals surface area contributed by atoms with Crippen molar-refractivity contribution in [3.05, 3.63) is 0 Å². The summed E-state index contributed by atoms with van der Waals surface area (Å²) in [4.78, 5) is 9.67. The lowest BCUT2D eigenvalue weighted by molar-refractivity contribution is -0.107. The molecule has 2 radical (unpaired) electrons. The molecule has 0 saturated heterocycles. The zero-order valence-electron chi connectivity index (χ0n) is 2.57.